The standard InChI is InChI=1S/C17H10ClF7N2O2S/c18-12-4-2-1-3-11(12)13(28)27-14(29)26-9-5-7-10(8-6-9)30-17(24,25)15(19,20)16(21,22)23/h1-8H,(H2,26,27,28,29). The molecule has 0 spiro atoms. The zero-order valence-electron chi connectivity index (χ0n) is 14.4. The molecule has 162 valence electrons. The van der Waals surface area contributed by atoms with Gasteiger partial charge in [-0.25, -0.2) is 4.79 Å². The van der Waals surface area contributed by atoms with E-state index in [0.29, 0.717) is 0 Å². The Hall–Kier alpha value is -2.47. The Morgan fingerprint density at radius 3 is 1.97 bits per heavy atom. The highest BCUT2D eigenvalue weighted by Crippen LogP contribution is 2.53. The topological polar surface area (TPSA) is 58.2 Å². The molecule has 13 heteroatoms. The summed E-state index contributed by atoms with van der Waals surface area (Å²) in [6.07, 6.45) is -6.43. The Labute approximate surface area is 173 Å². The molecule has 0 aromatic heterocycles. The predicted molar refractivity (Wildman–Crippen MR) is 96.2 cm³/mol. The van der Waals surface area contributed by atoms with E-state index in [1.807, 2.05) is 5.32 Å². The number of thioether (sulfide) groups is 1. The maximum Gasteiger partial charge on any atom is 0.460 e. The monoisotopic (exact) mass is 474 g/mol. The number of anilines is 1. The van der Waals surface area contributed by atoms with Crippen LogP contribution in [0.2, 0.25) is 5.02 Å². The number of benzene rings is 2. The second kappa shape index (κ2) is 8.72. The first-order valence-electron chi connectivity index (χ1n) is 7.73. The summed E-state index contributed by atoms with van der Waals surface area (Å²) < 4.78 is 89.1. The minimum Gasteiger partial charge on any atom is -0.308 e. The second-order valence-corrected chi connectivity index (χ2v) is 7.20. The number of hydrogen-bond acceptors (Lipinski definition) is 3. The largest absolute Gasteiger partial charge is 0.460 e. The first kappa shape index (κ1) is 23.8. The number of carbonyl (C=O) groups excluding carboxylic acids is 2. The van der Waals surface area contributed by atoms with Gasteiger partial charge in [0.2, 0.25) is 0 Å². The van der Waals surface area contributed by atoms with E-state index in [1.165, 1.54) is 18.2 Å². The van der Waals surface area contributed by atoms with Crippen LogP contribution in [0, 0.1) is 0 Å². The Morgan fingerprint density at radius 1 is 0.867 bits per heavy atom. The number of amides is 3. The van der Waals surface area contributed by atoms with Crippen LogP contribution in [0.5, 0.6) is 0 Å². The first-order valence-corrected chi connectivity index (χ1v) is 8.92. The van der Waals surface area contributed by atoms with E-state index in [9.17, 15) is 40.3 Å². The fourth-order valence-electron chi connectivity index (χ4n) is 1.96. The maximum absolute atomic E-state index is 13.4. The number of urea groups is 1. The smallest absolute Gasteiger partial charge is 0.308 e. The molecule has 0 bridgehead atoms. The van der Waals surface area contributed by atoms with Crippen LogP contribution in [0.4, 0.5) is 41.2 Å². The van der Waals surface area contributed by atoms with Gasteiger partial charge < -0.3 is 5.32 Å². The van der Waals surface area contributed by atoms with Crippen LogP contribution in [0.3, 0.4) is 0 Å². The van der Waals surface area contributed by atoms with E-state index in [1.54, 1.807) is 6.07 Å². The van der Waals surface area contributed by atoms with E-state index >= 15 is 0 Å². The molecule has 0 saturated heterocycles. The Morgan fingerprint density at radius 2 is 1.43 bits per heavy atom. The van der Waals surface area contributed by atoms with Gasteiger partial charge in [-0.2, -0.15) is 30.7 Å². The molecule has 0 aliphatic rings. The zero-order valence-corrected chi connectivity index (χ0v) is 15.9. The number of alkyl halides is 7. The summed E-state index contributed by atoms with van der Waals surface area (Å²) in [5, 5.41) is -1.26. The van der Waals surface area contributed by atoms with Crippen molar-refractivity contribution in [3.05, 3.63) is 59.1 Å². The molecule has 0 saturated carbocycles. The molecule has 2 aromatic carbocycles. The molecule has 0 atom stereocenters. The molecule has 0 aliphatic carbocycles. The zero-order chi connectivity index (χ0) is 22.7. The molecular weight excluding hydrogens is 465 g/mol. The molecule has 0 fully saturated rings. The highest BCUT2D eigenvalue weighted by molar-refractivity contribution is 8.00. The lowest BCUT2D eigenvalue weighted by Gasteiger charge is -2.27. The van der Waals surface area contributed by atoms with Crippen LogP contribution >= 0.6 is 23.4 Å². The van der Waals surface area contributed by atoms with E-state index < -0.39 is 45.9 Å². The van der Waals surface area contributed by atoms with E-state index in [2.05, 4.69) is 5.32 Å². The number of nitrogens with one attached hydrogen (secondary N) is 2. The van der Waals surface area contributed by atoms with Crippen LogP contribution in [0.25, 0.3) is 0 Å². The summed E-state index contributed by atoms with van der Waals surface area (Å²) in [6, 6.07) is 8.38. The van der Waals surface area contributed by atoms with Gasteiger partial charge in [0.15, 0.2) is 0 Å². The van der Waals surface area contributed by atoms with Crippen molar-refractivity contribution in [1.29, 1.82) is 0 Å². The normalized spacial score (nSPS) is 12.4. The van der Waals surface area contributed by atoms with E-state index in [4.69, 9.17) is 11.6 Å². The van der Waals surface area contributed by atoms with Crippen molar-refractivity contribution in [3.8, 4) is 0 Å². The minimum absolute atomic E-state index is 0.00823. The third-order valence-corrected chi connectivity index (χ3v) is 4.78. The van der Waals surface area contributed by atoms with Crippen LogP contribution in [-0.2, 0) is 0 Å². The van der Waals surface area contributed by atoms with Crippen LogP contribution < -0.4 is 10.6 Å². The Balaban J connectivity index is 2.01. The van der Waals surface area contributed by atoms with E-state index in [-0.39, 0.29) is 16.3 Å². The molecule has 3 amide bonds. The molecule has 0 aliphatic heterocycles. The number of hydrogen-bond donors (Lipinski definition) is 2. The Bertz CT molecular complexity index is 936. The summed E-state index contributed by atoms with van der Waals surface area (Å²) in [4.78, 5) is 23.2. The summed E-state index contributed by atoms with van der Waals surface area (Å²) in [6.45, 7) is 0. The highest BCUT2D eigenvalue weighted by atomic mass is 35.5. The quantitative estimate of drug-likeness (QED) is 0.401. The van der Waals surface area contributed by atoms with Gasteiger partial charge in [-0.05, 0) is 48.2 Å². The minimum atomic E-state index is -6.43. The molecule has 0 heterocycles. The highest BCUT2D eigenvalue weighted by Gasteiger charge is 2.73. The lowest BCUT2D eigenvalue weighted by Crippen LogP contribution is -2.49. The fraction of sp³-hybridized carbons (Fsp3) is 0.176. The first-order chi connectivity index (χ1) is 13.7. The number of halogens is 8. The van der Waals surface area contributed by atoms with Crippen molar-refractivity contribution in [2.75, 3.05) is 5.32 Å². The van der Waals surface area contributed by atoms with Gasteiger partial charge in [0, 0.05) is 10.6 Å². The lowest BCUT2D eigenvalue weighted by molar-refractivity contribution is -0.330. The van der Waals surface area contributed by atoms with Gasteiger partial charge in [-0.3, -0.25) is 10.1 Å². The molecule has 4 nitrogen and oxygen atoms in total. The lowest BCUT2D eigenvalue weighted by atomic mass is 10.2. The van der Waals surface area contributed by atoms with Crippen molar-refractivity contribution < 1.29 is 40.3 Å². The average Bonchev–Trinajstić information content (AvgIpc) is 2.62. The van der Waals surface area contributed by atoms with Crippen LogP contribution in [-0.4, -0.2) is 29.3 Å². The molecule has 0 radical (unpaired) electrons. The second-order valence-electron chi connectivity index (χ2n) is 5.60. The van der Waals surface area contributed by atoms with Gasteiger partial charge in [0.1, 0.15) is 0 Å². The summed E-state index contributed by atoms with van der Waals surface area (Å²) in [5.74, 6) is -7.08. The van der Waals surface area contributed by atoms with Crippen molar-refractivity contribution in [2.24, 2.45) is 0 Å². The Kier molecular flexibility index (Phi) is 6.92. The number of rotatable bonds is 5. The molecule has 2 aromatic rings. The van der Waals surface area contributed by atoms with Crippen molar-refractivity contribution >= 4 is 41.0 Å². The van der Waals surface area contributed by atoms with Gasteiger partial charge in [-0.1, -0.05) is 23.7 Å². The van der Waals surface area contributed by atoms with Crippen molar-refractivity contribution in [1.82, 2.24) is 5.32 Å². The third kappa shape index (κ3) is 5.36. The van der Waals surface area contributed by atoms with Gasteiger partial charge in [-0.15, -0.1) is 0 Å². The van der Waals surface area contributed by atoms with Gasteiger partial charge in [0.25, 0.3) is 5.91 Å². The van der Waals surface area contributed by atoms with Crippen LogP contribution in [0.1, 0.15) is 10.4 Å². The number of carbonyl (C=O) groups is 2. The SMILES string of the molecule is O=C(NC(=O)c1ccccc1Cl)Nc1ccc(SC(F)(F)C(F)(F)C(F)(F)F)cc1. The maximum atomic E-state index is 13.4. The van der Waals surface area contributed by atoms with Gasteiger partial charge in [0.05, 0.1) is 10.6 Å². The number of imide groups is 1. The third-order valence-electron chi connectivity index (χ3n) is 3.43. The van der Waals surface area contributed by atoms with E-state index in [0.717, 1.165) is 24.3 Å². The van der Waals surface area contributed by atoms with Crippen molar-refractivity contribution in [3.63, 3.8) is 0 Å². The molecule has 30 heavy (non-hydrogen) atoms. The summed E-state index contributed by atoms with van der Waals surface area (Å²) in [7, 11) is 0. The molecule has 2 N–H and O–H groups in total. The van der Waals surface area contributed by atoms with Gasteiger partial charge >= 0.3 is 23.4 Å². The summed E-state index contributed by atoms with van der Waals surface area (Å²) >= 11 is 4.83. The van der Waals surface area contributed by atoms with Crippen molar-refractivity contribution in [2.45, 2.75) is 22.2 Å². The fourth-order valence-corrected chi connectivity index (χ4v) is 3.00. The molecule has 2 rings (SSSR count). The molecular formula is C17H10ClF7N2O2S. The summed E-state index contributed by atoms with van der Waals surface area (Å²) in [5.41, 5.74) is -0.0383. The predicted octanol–water partition coefficient (Wildman–Crippen LogP) is 6.18. The average molecular weight is 475 g/mol. The molecule has 0 unspecified atom stereocenters. The van der Waals surface area contributed by atoms with Crippen LogP contribution in [0.15, 0.2) is 53.4 Å².